The summed E-state index contributed by atoms with van der Waals surface area (Å²) in [6, 6.07) is 1.52. The Bertz CT molecular complexity index is 308. The van der Waals surface area contributed by atoms with Crippen molar-refractivity contribution >= 4 is 0 Å². The Kier molecular flexibility index (Phi) is 2.04. The van der Waals surface area contributed by atoms with Gasteiger partial charge in [-0.2, -0.15) is 0 Å². The van der Waals surface area contributed by atoms with Crippen LogP contribution in [0.5, 0.6) is 0 Å². The number of aromatic nitrogens is 1. The first-order chi connectivity index (χ1) is 6.18. The highest BCUT2D eigenvalue weighted by Crippen LogP contribution is 2.34. The number of rotatable bonds is 3. The van der Waals surface area contributed by atoms with Crippen LogP contribution in [0.25, 0.3) is 0 Å². The SMILES string of the molecule is CC1(NCc2cncc(F)c2)CC1. The van der Waals surface area contributed by atoms with Crippen LogP contribution in [0.2, 0.25) is 0 Å². The van der Waals surface area contributed by atoms with E-state index in [0.29, 0.717) is 12.1 Å². The van der Waals surface area contributed by atoms with E-state index in [9.17, 15) is 4.39 Å². The van der Waals surface area contributed by atoms with Crippen LogP contribution in [0.15, 0.2) is 18.5 Å². The standard InChI is InChI=1S/C10H13FN2/c1-10(2-3-10)13-6-8-4-9(11)7-12-5-8/h4-5,7,13H,2-3,6H2,1H3. The molecule has 1 N–H and O–H groups in total. The fraction of sp³-hybridized carbons (Fsp3) is 0.500. The van der Waals surface area contributed by atoms with Gasteiger partial charge in [-0.3, -0.25) is 4.98 Å². The van der Waals surface area contributed by atoms with Crippen LogP contribution in [-0.4, -0.2) is 10.5 Å². The van der Waals surface area contributed by atoms with Crippen molar-refractivity contribution < 1.29 is 4.39 Å². The molecule has 1 aliphatic rings. The van der Waals surface area contributed by atoms with Gasteiger partial charge in [0.15, 0.2) is 0 Å². The fourth-order valence-corrected chi connectivity index (χ4v) is 1.23. The predicted octanol–water partition coefficient (Wildman–Crippen LogP) is 1.86. The topological polar surface area (TPSA) is 24.9 Å². The van der Waals surface area contributed by atoms with Crippen molar-refractivity contribution in [2.45, 2.75) is 31.8 Å². The summed E-state index contributed by atoms with van der Waals surface area (Å²) < 4.78 is 12.7. The molecule has 1 fully saturated rings. The minimum Gasteiger partial charge on any atom is -0.307 e. The second kappa shape index (κ2) is 3.07. The third-order valence-corrected chi connectivity index (χ3v) is 2.48. The van der Waals surface area contributed by atoms with Gasteiger partial charge in [-0.1, -0.05) is 0 Å². The van der Waals surface area contributed by atoms with E-state index in [1.807, 2.05) is 0 Å². The van der Waals surface area contributed by atoms with Gasteiger partial charge in [0, 0.05) is 18.3 Å². The molecule has 0 spiro atoms. The van der Waals surface area contributed by atoms with Crippen molar-refractivity contribution in [3.8, 4) is 0 Å². The van der Waals surface area contributed by atoms with Gasteiger partial charge < -0.3 is 5.32 Å². The number of hydrogen-bond donors (Lipinski definition) is 1. The molecule has 1 saturated carbocycles. The van der Waals surface area contributed by atoms with E-state index in [1.165, 1.54) is 25.1 Å². The Morgan fingerprint density at radius 2 is 2.31 bits per heavy atom. The van der Waals surface area contributed by atoms with Gasteiger partial charge in [0.25, 0.3) is 0 Å². The van der Waals surface area contributed by atoms with Gasteiger partial charge in [0.05, 0.1) is 6.20 Å². The lowest BCUT2D eigenvalue weighted by molar-refractivity contribution is 0.533. The summed E-state index contributed by atoms with van der Waals surface area (Å²) in [6.07, 6.45) is 5.36. The van der Waals surface area contributed by atoms with Crippen LogP contribution >= 0.6 is 0 Å². The van der Waals surface area contributed by atoms with Gasteiger partial charge in [0.1, 0.15) is 5.82 Å². The largest absolute Gasteiger partial charge is 0.307 e. The van der Waals surface area contributed by atoms with Crippen molar-refractivity contribution in [1.29, 1.82) is 0 Å². The first-order valence-corrected chi connectivity index (χ1v) is 4.52. The van der Waals surface area contributed by atoms with E-state index in [4.69, 9.17) is 0 Å². The summed E-state index contributed by atoms with van der Waals surface area (Å²) >= 11 is 0. The highest BCUT2D eigenvalue weighted by Gasteiger charge is 2.36. The Morgan fingerprint density at radius 1 is 1.54 bits per heavy atom. The molecule has 0 unspecified atom stereocenters. The third kappa shape index (κ3) is 2.25. The zero-order valence-corrected chi connectivity index (χ0v) is 7.68. The van der Waals surface area contributed by atoms with Crippen molar-refractivity contribution in [3.05, 3.63) is 29.8 Å². The normalized spacial score (nSPS) is 18.6. The molecule has 0 radical (unpaired) electrons. The number of hydrogen-bond acceptors (Lipinski definition) is 2. The van der Waals surface area contributed by atoms with E-state index in [0.717, 1.165) is 5.56 Å². The smallest absolute Gasteiger partial charge is 0.141 e. The van der Waals surface area contributed by atoms with Crippen molar-refractivity contribution in [2.24, 2.45) is 0 Å². The first kappa shape index (κ1) is 8.63. The molecule has 1 aliphatic carbocycles. The number of nitrogens with one attached hydrogen (secondary N) is 1. The molecule has 0 atom stereocenters. The molecule has 2 rings (SSSR count). The molecule has 0 aliphatic heterocycles. The number of pyridine rings is 1. The molecule has 1 aromatic rings. The molecule has 0 bridgehead atoms. The monoisotopic (exact) mass is 180 g/mol. The van der Waals surface area contributed by atoms with Crippen molar-refractivity contribution in [1.82, 2.24) is 10.3 Å². The highest BCUT2D eigenvalue weighted by atomic mass is 19.1. The number of halogens is 1. The molecule has 0 saturated heterocycles. The molecule has 3 heteroatoms. The second-order valence-corrected chi connectivity index (χ2v) is 3.93. The Morgan fingerprint density at radius 3 is 2.92 bits per heavy atom. The van der Waals surface area contributed by atoms with E-state index < -0.39 is 0 Å². The third-order valence-electron chi connectivity index (χ3n) is 2.48. The van der Waals surface area contributed by atoms with Crippen LogP contribution in [0.1, 0.15) is 25.3 Å². The van der Waals surface area contributed by atoms with Gasteiger partial charge >= 0.3 is 0 Å². The Hall–Kier alpha value is -0.960. The second-order valence-electron chi connectivity index (χ2n) is 3.93. The van der Waals surface area contributed by atoms with Crippen molar-refractivity contribution in [2.75, 3.05) is 0 Å². The molecule has 0 aromatic carbocycles. The molecule has 2 nitrogen and oxygen atoms in total. The van der Waals surface area contributed by atoms with Crippen LogP contribution in [0.3, 0.4) is 0 Å². The summed E-state index contributed by atoms with van der Waals surface area (Å²) in [4.78, 5) is 3.79. The maximum absolute atomic E-state index is 12.7. The summed E-state index contributed by atoms with van der Waals surface area (Å²) in [6.45, 7) is 2.89. The maximum atomic E-state index is 12.7. The lowest BCUT2D eigenvalue weighted by Gasteiger charge is -2.10. The predicted molar refractivity (Wildman–Crippen MR) is 48.7 cm³/mol. The zero-order chi connectivity index (χ0) is 9.31. The van der Waals surface area contributed by atoms with E-state index in [2.05, 4.69) is 17.2 Å². The quantitative estimate of drug-likeness (QED) is 0.768. The summed E-state index contributed by atoms with van der Waals surface area (Å²) in [5.41, 5.74) is 1.21. The molecule has 13 heavy (non-hydrogen) atoms. The van der Waals surface area contributed by atoms with Crippen LogP contribution in [-0.2, 0) is 6.54 Å². The summed E-state index contributed by atoms with van der Waals surface area (Å²) in [7, 11) is 0. The minimum absolute atomic E-state index is 0.264. The lowest BCUT2D eigenvalue weighted by Crippen LogP contribution is -2.27. The molecule has 1 aromatic heterocycles. The summed E-state index contributed by atoms with van der Waals surface area (Å²) in [5.74, 6) is -0.264. The molecular formula is C10H13FN2. The average molecular weight is 180 g/mol. The summed E-state index contributed by atoms with van der Waals surface area (Å²) in [5, 5.41) is 3.37. The Labute approximate surface area is 77.2 Å². The van der Waals surface area contributed by atoms with Crippen molar-refractivity contribution in [3.63, 3.8) is 0 Å². The molecule has 1 heterocycles. The number of nitrogens with zero attached hydrogens (tertiary/aromatic N) is 1. The lowest BCUT2D eigenvalue weighted by atomic mass is 10.2. The zero-order valence-electron chi connectivity index (χ0n) is 7.68. The maximum Gasteiger partial charge on any atom is 0.141 e. The Balaban J connectivity index is 1.94. The van der Waals surface area contributed by atoms with E-state index in [-0.39, 0.29) is 5.82 Å². The van der Waals surface area contributed by atoms with Gasteiger partial charge in [-0.05, 0) is 31.4 Å². The molecule has 0 amide bonds. The molecule has 70 valence electrons. The van der Waals surface area contributed by atoms with E-state index >= 15 is 0 Å². The van der Waals surface area contributed by atoms with Crippen LogP contribution in [0.4, 0.5) is 4.39 Å². The van der Waals surface area contributed by atoms with Gasteiger partial charge in [0.2, 0.25) is 0 Å². The first-order valence-electron chi connectivity index (χ1n) is 4.52. The van der Waals surface area contributed by atoms with E-state index in [1.54, 1.807) is 6.20 Å². The van der Waals surface area contributed by atoms with Gasteiger partial charge in [-0.15, -0.1) is 0 Å². The highest BCUT2D eigenvalue weighted by molar-refractivity contribution is 5.11. The molecular weight excluding hydrogens is 167 g/mol. The van der Waals surface area contributed by atoms with Gasteiger partial charge in [-0.25, -0.2) is 4.39 Å². The fourth-order valence-electron chi connectivity index (χ4n) is 1.23. The average Bonchev–Trinajstić information content (AvgIpc) is 2.82. The van der Waals surface area contributed by atoms with Crippen LogP contribution < -0.4 is 5.32 Å². The minimum atomic E-state index is -0.264. The van der Waals surface area contributed by atoms with Crippen LogP contribution in [0, 0.1) is 5.82 Å².